The second-order valence-electron chi connectivity index (χ2n) is 4.71. The molecule has 0 atom stereocenters. The zero-order valence-electron chi connectivity index (χ0n) is 11.5. The third kappa shape index (κ3) is 4.78. The first-order valence-electron chi connectivity index (χ1n) is 6.77. The van der Waals surface area contributed by atoms with E-state index in [4.69, 9.17) is 5.73 Å². The van der Waals surface area contributed by atoms with Gasteiger partial charge in [0.15, 0.2) is 0 Å². The first-order chi connectivity index (χ1) is 8.65. The van der Waals surface area contributed by atoms with E-state index in [1.54, 1.807) is 4.90 Å². The molecule has 0 saturated heterocycles. The van der Waals surface area contributed by atoms with E-state index in [9.17, 15) is 4.79 Å². The number of nitrogens with two attached hydrogens (primary N) is 1. The van der Waals surface area contributed by atoms with Crippen molar-refractivity contribution in [3.8, 4) is 0 Å². The average Bonchev–Trinajstić information content (AvgIpc) is 2.38. The van der Waals surface area contributed by atoms with Gasteiger partial charge in [0.2, 0.25) is 5.91 Å². The van der Waals surface area contributed by atoms with Crippen molar-refractivity contribution in [2.24, 2.45) is 0 Å². The molecule has 2 N–H and O–H groups in total. The lowest BCUT2D eigenvalue weighted by atomic mass is 10.1. The van der Waals surface area contributed by atoms with Crippen molar-refractivity contribution in [2.75, 3.05) is 17.7 Å². The van der Waals surface area contributed by atoms with Crippen LogP contribution in [0.4, 0.5) is 11.4 Å². The molecule has 18 heavy (non-hydrogen) atoms. The van der Waals surface area contributed by atoms with Gasteiger partial charge in [-0.25, -0.2) is 0 Å². The van der Waals surface area contributed by atoms with Gasteiger partial charge in [-0.05, 0) is 30.7 Å². The van der Waals surface area contributed by atoms with Crippen molar-refractivity contribution in [3.05, 3.63) is 24.3 Å². The lowest BCUT2D eigenvalue weighted by Crippen LogP contribution is -2.25. The molecule has 1 aromatic rings. The van der Waals surface area contributed by atoms with Crippen LogP contribution >= 0.6 is 0 Å². The van der Waals surface area contributed by atoms with Crippen LogP contribution in [0.25, 0.3) is 0 Å². The standard InChI is InChI=1S/C15H24N2O/c1-3-4-5-6-7-8-15(18)17(2)14-11-9-13(16)10-12-14/h9-12H,3-8,16H2,1-2H3. The van der Waals surface area contributed by atoms with Gasteiger partial charge in [-0.3, -0.25) is 4.79 Å². The van der Waals surface area contributed by atoms with Gasteiger partial charge in [0.05, 0.1) is 0 Å². The van der Waals surface area contributed by atoms with Gasteiger partial charge < -0.3 is 10.6 Å². The van der Waals surface area contributed by atoms with Crippen LogP contribution in [0.2, 0.25) is 0 Å². The van der Waals surface area contributed by atoms with Crippen molar-refractivity contribution in [3.63, 3.8) is 0 Å². The summed E-state index contributed by atoms with van der Waals surface area (Å²) >= 11 is 0. The molecule has 0 spiro atoms. The lowest BCUT2D eigenvalue weighted by molar-refractivity contribution is -0.118. The van der Waals surface area contributed by atoms with E-state index in [2.05, 4.69) is 6.92 Å². The fourth-order valence-corrected chi connectivity index (χ4v) is 1.89. The van der Waals surface area contributed by atoms with Crippen molar-refractivity contribution in [1.29, 1.82) is 0 Å². The van der Waals surface area contributed by atoms with Gasteiger partial charge in [0.25, 0.3) is 0 Å². The van der Waals surface area contributed by atoms with E-state index in [-0.39, 0.29) is 5.91 Å². The predicted molar refractivity (Wildman–Crippen MR) is 77.6 cm³/mol. The molecule has 0 heterocycles. The maximum atomic E-state index is 12.0. The van der Waals surface area contributed by atoms with Crippen LogP contribution in [0, 0.1) is 0 Å². The molecule has 0 aromatic heterocycles. The van der Waals surface area contributed by atoms with E-state index in [1.807, 2.05) is 31.3 Å². The number of nitrogens with zero attached hydrogens (tertiary/aromatic N) is 1. The molecule has 1 rings (SSSR count). The number of unbranched alkanes of at least 4 members (excludes halogenated alkanes) is 4. The van der Waals surface area contributed by atoms with Gasteiger partial charge in [-0.2, -0.15) is 0 Å². The van der Waals surface area contributed by atoms with Crippen molar-refractivity contribution in [2.45, 2.75) is 45.4 Å². The first-order valence-corrected chi connectivity index (χ1v) is 6.77. The van der Waals surface area contributed by atoms with Crippen molar-refractivity contribution >= 4 is 17.3 Å². The second kappa shape index (κ2) is 7.75. The molecule has 0 aliphatic rings. The SMILES string of the molecule is CCCCCCCC(=O)N(C)c1ccc(N)cc1. The summed E-state index contributed by atoms with van der Waals surface area (Å²) in [5.74, 6) is 0.177. The number of nitrogen functional groups attached to an aromatic ring is 1. The van der Waals surface area contributed by atoms with Crippen LogP contribution < -0.4 is 10.6 Å². The minimum absolute atomic E-state index is 0.177. The Hall–Kier alpha value is -1.51. The maximum absolute atomic E-state index is 12.0. The van der Waals surface area contributed by atoms with Crippen molar-refractivity contribution < 1.29 is 4.79 Å². The Morgan fingerprint density at radius 3 is 2.33 bits per heavy atom. The largest absolute Gasteiger partial charge is 0.399 e. The fraction of sp³-hybridized carbons (Fsp3) is 0.533. The Morgan fingerprint density at radius 2 is 1.72 bits per heavy atom. The molecule has 0 unspecified atom stereocenters. The Kier molecular flexibility index (Phi) is 6.26. The number of rotatable bonds is 7. The van der Waals surface area contributed by atoms with E-state index in [0.29, 0.717) is 6.42 Å². The second-order valence-corrected chi connectivity index (χ2v) is 4.71. The zero-order chi connectivity index (χ0) is 13.4. The van der Waals surface area contributed by atoms with Gasteiger partial charge in [-0.1, -0.05) is 32.6 Å². The Bertz CT molecular complexity index is 359. The van der Waals surface area contributed by atoms with Gasteiger partial charge in [-0.15, -0.1) is 0 Å². The Balaban J connectivity index is 2.34. The average molecular weight is 248 g/mol. The first kappa shape index (κ1) is 14.6. The highest BCUT2D eigenvalue weighted by Gasteiger charge is 2.09. The summed E-state index contributed by atoms with van der Waals surface area (Å²) in [4.78, 5) is 13.7. The number of benzene rings is 1. The highest BCUT2D eigenvalue weighted by atomic mass is 16.2. The third-order valence-corrected chi connectivity index (χ3v) is 3.15. The van der Waals surface area contributed by atoms with Gasteiger partial charge >= 0.3 is 0 Å². The van der Waals surface area contributed by atoms with E-state index < -0.39 is 0 Å². The summed E-state index contributed by atoms with van der Waals surface area (Å²) in [6.07, 6.45) is 6.49. The molecule has 0 radical (unpaired) electrons. The zero-order valence-corrected chi connectivity index (χ0v) is 11.5. The summed E-state index contributed by atoms with van der Waals surface area (Å²) in [6.45, 7) is 2.19. The molecule has 1 aromatic carbocycles. The fourth-order valence-electron chi connectivity index (χ4n) is 1.89. The summed E-state index contributed by atoms with van der Waals surface area (Å²) in [5.41, 5.74) is 7.25. The molecule has 0 fully saturated rings. The number of amides is 1. The molecule has 0 bridgehead atoms. The van der Waals surface area contributed by atoms with Gasteiger partial charge in [0.1, 0.15) is 0 Å². The summed E-state index contributed by atoms with van der Waals surface area (Å²) in [6, 6.07) is 7.40. The van der Waals surface area contributed by atoms with Crippen LogP contribution in [0.15, 0.2) is 24.3 Å². The quantitative estimate of drug-likeness (QED) is 0.592. The minimum Gasteiger partial charge on any atom is -0.399 e. The molecule has 0 saturated carbocycles. The number of carbonyl (C=O) groups excluding carboxylic acids is 1. The lowest BCUT2D eigenvalue weighted by Gasteiger charge is -2.17. The predicted octanol–water partition coefficient (Wildman–Crippen LogP) is 3.59. The number of carbonyl (C=O) groups is 1. The van der Waals surface area contributed by atoms with Crippen LogP contribution in [0.3, 0.4) is 0 Å². The smallest absolute Gasteiger partial charge is 0.226 e. The Labute approximate surface area is 110 Å². The van der Waals surface area contributed by atoms with Crippen molar-refractivity contribution in [1.82, 2.24) is 0 Å². The third-order valence-electron chi connectivity index (χ3n) is 3.15. The number of hydrogen-bond acceptors (Lipinski definition) is 2. The van der Waals surface area contributed by atoms with E-state index >= 15 is 0 Å². The number of hydrogen-bond donors (Lipinski definition) is 1. The van der Waals surface area contributed by atoms with Crippen LogP contribution in [0.5, 0.6) is 0 Å². The molecule has 3 heteroatoms. The number of anilines is 2. The molecule has 3 nitrogen and oxygen atoms in total. The Morgan fingerprint density at radius 1 is 1.11 bits per heavy atom. The van der Waals surface area contributed by atoms with Gasteiger partial charge in [0, 0.05) is 24.8 Å². The molecular formula is C15H24N2O. The molecule has 100 valence electrons. The summed E-state index contributed by atoms with van der Waals surface area (Å²) in [7, 11) is 1.82. The topological polar surface area (TPSA) is 46.3 Å². The van der Waals surface area contributed by atoms with E-state index in [0.717, 1.165) is 24.2 Å². The normalized spacial score (nSPS) is 10.3. The summed E-state index contributed by atoms with van der Waals surface area (Å²) in [5, 5.41) is 0. The van der Waals surface area contributed by atoms with E-state index in [1.165, 1.54) is 19.3 Å². The summed E-state index contributed by atoms with van der Waals surface area (Å²) < 4.78 is 0. The molecule has 0 aliphatic carbocycles. The van der Waals surface area contributed by atoms with Crippen LogP contribution in [-0.4, -0.2) is 13.0 Å². The monoisotopic (exact) mass is 248 g/mol. The molecular weight excluding hydrogens is 224 g/mol. The highest BCUT2D eigenvalue weighted by molar-refractivity contribution is 5.92. The molecule has 0 aliphatic heterocycles. The minimum atomic E-state index is 0.177. The molecule has 1 amide bonds. The van der Waals surface area contributed by atoms with Crippen LogP contribution in [-0.2, 0) is 4.79 Å². The highest BCUT2D eigenvalue weighted by Crippen LogP contribution is 2.16. The van der Waals surface area contributed by atoms with Crippen LogP contribution in [0.1, 0.15) is 45.4 Å². The maximum Gasteiger partial charge on any atom is 0.226 e.